The van der Waals surface area contributed by atoms with Crippen LogP contribution in [0.2, 0.25) is 0 Å². The number of likely N-dealkylation sites (tertiary alicyclic amines) is 1. The van der Waals surface area contributed by atoms with E-state index in [0.717, 1.165) is 31.5 Å². The van der Waals surface area contributed by atoms with E-state index in [1.165, 1.54) is 0 Å². The number of amides is 1. The average molecular weight is 494 g/mol. The first-order valence-electron chi connectivity index (χ1n) is 6.12. The Hall–Kier alpha value is -0.820. The summed E-state index contributed by atoms with van der Waals surface area (Å²) in [4.78, 5) is 13.9. The van der Waals surface area contributed by atoms with Gasteiger partial charge in [0.2, 0.25) is 0 Å². The molecule has 0 aromatic heterocycles. The van der Waals surface area contributed by atoms with Crippen molar-refractivity contribution in [2.24, 2.45) is 0 Å². The van der Waals surface area contributed by atoms with Crippen molar-refractivity contribution in [2.75, 3.05) is 13.1 Å². The molecule has 1 aliphatic rings. The van der Waals surface area contributed by atoms with Crippen LogP contribution in [-0.2, 0) is 4.79 Å². The molecule has 0 unspecified atom stereocenters. The Morgan fingerprint density at radius 1 is 1.30 bits per heavy atom. The largest absolute Gasteiger partial charge is 0.506 e. The fraction of sp³-hybridized carbons (Fsp3) is 0.286. The molecule has 1 aliphatic heterocycles. The molecule has 0 aliphatic carbocycles. The van der Waals surface area contributed by atoms with Gasteiger partial charge in [-0.2, -0.15) is 5.26 Å². The first kappa shape index (κ1) is 15.6. The van der Waals surface area contributed by atoms with Crippen LogP contribution in [0.5, 0.6) is 5.75 Å². The molecular formula is C14H12I2N2O2. The highest BCUT2D eigenvalue weighted by molar-refractivity contribution is 14.1. The summed E-state index contributed by atoms with van der Waals surface area (Å²) in [5.41, 5.74) is 0.893. The van der Waals surface area contributed by atoms with Crippen LogP contribution in [0, 0.1) is 18.5 Å². The smallest absolute Gasteiger partial charge is 0.264 e. The van der Waals surface area contributed by atoms with Crippen molar-refractivity contribution in [3.05, 3.63) is 30.4 Å². The van der Waals surface area contributed by atoms with Crippen LogP contribution in [0.4, 0.5) is 0 Å². The highest BCUT2D eigenvalue weighted by Gasteiger charge is 2.21. The lowest BCUT2D eigenvalue weighted by Crippen LogP contribution is -2.28. The van der Waals surface area contributed by atoms with E-state index in [1.807, 2.05) is 51.3 Å². The summed E-state index contributed by atoms with van der Waals surface area (Å²) in [6.07, 6.45) is 3.59. The molecule has 0 spiro atoms. The van der Waals surface area contributed by atoms with Gasteiger partial charge in [-0.3, -0.25) is 4.79 Å². The molecule has 1 amide bonds. The minimum Gasteiger partial charge on any atom is -0.506 e. The van der Waals surface area contributed by atoms with Gasteiger partial charge in [-0.15, -0.1) is 0 Å². The van der Waals surface area contributed by atoms with Gasteiger partial charge in [0.15, 0.2) is 0 Å². The zero-order chi connectivity index (χ0) is 14.7. The summed E-state index contributed by atoms with van der Waals surface area (Å²) in [5.74, 6) is 0.0239. The topological polar surface area (TPSA) is 64.3 Å². The predicted molar refractivity (Wildman–Crippen MR) is 92.9 cm³/mol. The minimum absolute atomic E-state index is 0.143. The third kappa shape index (κ3) is 3.44. The molecule has 1 aromatic rings. The van der Waals surface area contributed by atoms with Gasteiger partial charge in [0, 0.05) is 13.1 Å². The number of hydrogen-bond donors (Lipinski definition) is 1. The monoisotopic (exact) mass is 494 g/mol. The van der Waals surface area contributed by atoms with Crippen molar-refractivity contribution >= 4 is 57.2 Å². The number of carbonyl (C=O) groups excluding carboxylic acids is 1. The Balaban J connectivity index is 2.31. The van der Waals surface area contributed by atoms with Crippen LogP contribution in [0.15, 0.2) is 17.7 Å². The minimum atomic E-state index is -0.205. The van der Waals surface area contributed by atoms with Gasteiger partial charge >= 0.3 is 0 Å². The fourth-order valence-corrected chi connectivity index (χ4v) is 3.88. The van der Waals surface area contributed by atoms with Crippen molar-refractivity contribution in [2.45, 2.75) is 12.8 Å². The molecule has 1 fully saturated rings. The van der Waals surface area contributed by atoms with Crippen LogP contribution in [0.3, 0.4) is 0 Å². The van der Waals surface area contributed by atoms with E-state index in [4.69, 9.17) is 0 Å². The van der Waals surface area contributed by atoms with Gasteiger partial charge in [0.1, 0.15) is 17.4 Å². The van der Waals surface area contributed by atoms with Crippen LogP contribution in [0.1, 0.15) is 18.4 Å². The first-order chi connectivity index (χ1) is 9.52. The maximum atomic E-state index is 12.2. The second kappa shape index (κ2) is 6.76. The molecule has 104 valence electrons. The molecule has 1 aromatic carbocycles. The Bertz CT molecular complexity index is 591. The fourth-order valence-electron chi connectivity index (χ4n) is 2.07. The molecule has 0 bridgehead atoms. The lowest BCUT2D eigenvalue weighted by molar-refractivity contribution is -0.125. The number of phenols is 1. The van der Waals surface area contributed by atoms with Gasteiger partial charge in [0.25, 0.3) is 5.91 Å². The summed E-state index contributed by atoms with van der Waals surface area (Å²) in [7, 11) is 0. The van der Waals surface area contributed by atoms with Gasteiger partial charge in [-0.25, -0.2) is 0 Å². The number of benzene rings is 1. The molecule has 1 saturated heterocycles. The van der Waals surface area contributed by atoms with Gasteiger partial charge < -0.3 is 10.0 Å². The van der Waals surface area contributed by atoms with Crippen molar-refractivity contribution < 1.29 is 9.90 Å². The summed E-state index contributed by atoms with van der Waals surface area (Å²) >= 11 is 4.06. The molecule has 1 heterocycles. The van der Waals surface area contributed by atoms with Crippen molar-refractivity contribution in [1.29, 1.82) is 5.26 Å². The van der Waals surface area contributed by atoms with E-state index in [-0.39, 0.29) is 17.2 Å². The highest BCUT2D eigenvalue weighted by Crippen LogP contribution is 2.28. The Morgan fingerprint density at radius 2 is 1.85 bits per heavy atom. The molecule has 1 N–H and O–H groups in total. The maximum absolute atomic E-state index is 12.2. The zero-order valence-corrected chi connectivity index (χ0v) is 14.9. The number of aromatic hydroxyl groups is 1. The molecule has 6 heteroatoms. The van der Waals surface area contributed by atoms with Gasteiger partial charge in [0.05, 0.1) is 7.14 Å². The van der Waals surface area contributed by atoms with Crippen molar-refractivity contribution in [3.8, 4) is 11.8 Å². The molecule has 2 rings (SSSR count). The van der Waals surface area contributed by atoms with Gasteiger partial charge in [-0.05, 0) is 81.8 Å². The Kier molecular flexibility index (Phi) is 5.26. The summed E-state index contributed by atoms with van der Waals surface area (Å²) < 4.78 is 1.40. The quantitative estimate of drug-likeness (QED) is 0.391. The average Bonchev–Trinajstić information content (AvgIpc) is 2.95. The van der Waals surface area contributed by atoms with Crippen LogP contribution in [-0.4, -0.2) is 29.0 Å². The van der Waals surface area contributed by atoms with E-state index >= 15 is 0 Å². The molecular weight excluding hydrogens is 482 g/mol. The second-order valence-corrected chi connectivity index (χ2v) is 6.83. The Morgan fingerprint density at radius 3 is 2.35 bits per heavy atom. The molecule has 4 nitrogen and oxygen atoms in total. The standard InChI is InChI=1S/C14H12I2N2O2/c15-11-6-9(7-12(16)13(11)19)5-10(8-17)14(20)18-3-1-2-4-18/h5-7,19H,1-4H2/b10-5+. The van der Waals surface area contributed by atoms with E-state index in [2.05, 4.69) is 0 Å². The van der Waals surface area contributed by atoms with Crippen molar-refractivity contribution in [3.63, 3.8) is 0 Å². The SMILES string of the molecule is N#C/C(=C\c1cc(I)c(O)c(I)c1)C(=O)N1CCCC1. The predicted octanol–water partition coefficient (Wildman–Crippen LogP) is 3.13. The molecule has 0 radical (unpaired) electrons. The number of hydrogen-bond acceptors (Lipinski definition) is 3. The summed E-state index contributed by atoms with van der Waals surface area (Å²) in [6.45, 7) is 1.45. The van der Waals surface area contributed by atoms with E-state index in [9.17, 15) is 15.2 Å². The molecule has 0 atom stereocenters. The van der Waals surface area contributed by atoms with Crippen LogP contribution in [0.25, 0.3) is 6.08 Å². The lowest BCUT2D eigenvalue weighted by Gasteiger charge is -2.14. The third-order valence-corrected chi connectivity index (χ3v) is 4.74. The molecule has 0 saturated carbocycles. The van der Waals surface area contributed by atoms with E-state index < -0.39 is 0 Å². The lowest BCUT2D eigenvalue weighted by atomic mass is 10.1. The summed E-state index contributed by atoms with van der Waals surface area (Å²) in [6, 6.07) is 5.50. The van der Waals surface area contributed by atoms with Crippen LogP contribution >= 0.6 is 45.2 Å². The molecule has 20 heavy (non-hydrogen) atoms. The first-order valence-corrected chi connectivity index (χ1v) is 8.27. The Labute approximate surface area is 144 Å². The zero-order valence-electron chi connectivity index (χ0n) is 10.6. The number of nitrogens with zero attached hydrogens (tertiary/aromatic N) is 2. The maximum Gasteiger partial charge on any atom is 0.264 e. The number of phenolic OH excluding ortho intramolecular Hbond substituents is 1. The third-order valence-electron chi connectivity index (χ3n) is 3.09. The summed E-state index contributed by atoms with van der Waals surface area (Å²) in [5, 5.41) is 18.9. The van der Waals surface area contributed by atoms with Crippen LogP contribution < -0.4 is 0 Å². The number of halogens is 2. The normalized spacial score (nSPS) is 15.2. The van der Waals surface area contributed by atoms with Gasteiger partial charge in [-0.1, -0.05) is 0 Å². The number of carbonyl (C=O) groups is 1. The number of rotatable bonds is 2. The van der Waals surface area contributed by atoms with Crippen molar-refractivity contribution in [1.82, 2.24) is 4.90 Å². The second-order valence-electron chi connectivity index (χ2n) is 4.50. The van der Waals surface area contributed by atoms with E-state index in [1.54, 1.807) is 23.1 Å². The van der Waals surface area contributed by atoms with E-state index in [0.29, 0.717) is 7.14 Å². The number of nitriles is 1. The highest BCUT2D eigenvalue weighted by atomic mass is 127.